The van der Waals surface area contributed by atoms with E-state index in [1.54, 1.807) is 31.7 Å². The van der Waals surface area contributed by atoms with Crippen molar-refractivity contribution < 1.29 is 19.1 Å². The lowest BCUT2D eigenvalue weighted by atomic mass is 9.91. The van der Waals surface area contributed by atoms with Gasteiger partial charge >= 0.3 is 6.09 Å². The van der Waals surface area contributed by atoms with Crippen molar-refractivity contribution in [2.75, 3.05) is 6.54 Å². The Bertz CT molecular complexity index is 947. The molecule has 1 saturated carbocycles. The molecule has 3 amide bonds. The van der Waals surface area contributed by atoms with E-state index in [4.69, 9.17) is 4.74 Å². The van der Waals surface area contributed by atoms with Crippen LogP contribution in [-0.2, 0) is 14.3 Å². The maximum absolute atomic E-state index is 14.2. The van der Waals surface area contributed by atoms with Crippen LogP contribution in [0.2, 0.25) is 0 Å². The van der Waals surface area contributed by atoms with Crippen LogP contribution in [0.15, 0.2) is 30.9 Å². The first-order valence-electron chi connectivity index (χ1n) is 13.7. The van der Waals surface area contributed by atoms with Gasteiger partial charge in [-0.1, -0.05) is 63.8 Å². The molecule has 2 N–H and O–H groups in total. The average molecular weight is 514 g/mol. The Hall–Kier alpha value is -2.83. The Morgan fingerprint density at radius 2 is 1.81 bits per heavy atom. The summed E-state index contributed by atoms with van der Waals surface area (Å²) in [6, 6.07) is 4.23. The summed E-state index contributed by atoms with van der Waals surface area (Å²) in [6.07, 6.45) is 6.88. The van der Waals surface area contributed by atoms with Gasteiger partial charge in [-0.15, -0.1) is 6.58 Å². The molecule has 0 saturated heterocycles. The molecule has 1 aromatic carbocycles. The topological polar surface area (TPSA) is 87.7 Å². The van der Waals surface area contributed by atoms with Crippen LogP contribution in [0.25, 0.3) is 0 Å². The second-order valence-electron chi connectivity index (χ2n) is 11.3. The molecule has 0 heterocycles. The lowest BCUT2D eigenvalue weighted by Gasteiger charge is -2.37. The van der Waals surface area contributed by atoms with Crippen molar-refractivity contribution in [3.8, 4) is 0 Å². The minimum Gasteiger partial charge on any atom is -0.444 e. The zero-order valence-electron chi connectivity index (χ0n) is 23.9. The van der Waals surface area contributed by atoms with E-state index in [-0.39, 0.29) is 30.3 Å². The molecule has 1 aliphatic rings. The fourth-order valence-electron chi connectivity index (χ4n) is 4.81. The SMILES string of the molecule is C=CCN(C(=O)C(NC(=O)OC(C)(C)C)C(C)CC)C(C(=O)NC1CCCCC1)c1cccc(C)c1C. The molecule has 0 radical (unpaired) electrons. The number of rotatable bonds is 10. The van der Waals surface area contributed by atoms with E-state index in [1.165, 1.54) is 6.42 Å². The average Bonchev–Trinajstić information content (AvgIpc) is 2.83. The van der Waals surface area contributed by atoms with Crippen LogP contribution < -0.4 is 10.6 Å². The number of aryl methyl sites for hydroxylation is 1. The Morgan fingerprint density at radius 1 is 1.16 bits per heavy atom. The number of amides is 3. The summed E-state index contributed by atoms with van der Waals surface area (Å²) in [6.45, 7) is 17.2. The van der Waals surface area contributed by atoms with Crippen molar-refractivity contribution in [3.05, 3.63) is 47.5 Å². The number of hydrogen-bond donors (Lipinski definition) is 2. The first-order valence-corrected chi connectivity index (χ1v) is 13.7. The molecular formula is C30H47N3O4. The van der Waals surface area contributed by atoms with Crippen LogP contribution in [0.1, 0.15) is 95.9 Å². The van der Waals surface area contributed by atoms with Gasteiger partial charge in [-0.25, -0.2) is 4.79 Å². The Morgan fingerprint density at radius 3 is 2.38 bits per heavy atom. The van der Waals surface area contributed by atoms with Crippen LogP contribution in [0.4, 0.5) is 4.79 Å². The zero-order chi connectivity index (χ0) is 27.8. The van der Waals surface area contributed by atoms with Gasteiger partial charge in [0, 0.05) is 12.6 Å². The highest BCUT2D eigenvalue weighted by atomic mass is 16.6. The maximum atomic E-state index is 14.2. The van der Waals surface area contributed by atoms with Gasteiger partial charge in [-0.2, -0.15) is 0 Å². The minimum atomic E-state index is -0.852. The molecule has 3 unspecified atom stereocenters. The summed E-state index contributed by atoms with van der Waals surface area (Å²) in [5, 5.41) is 6.03. The summed E-state index contributed by atoms with van der Waals surface area (Å²) in [4.78, 5) is 42.3. The molecule has 3 atom stereocenters. The summed E-state index contributed by atoms with van der Waals surface area (Å²) in [5.74, 6) is -0.700. The maximum Gasteiger partial charge on any atom is 0.408 e. The van der Waals surface area contributed by atoms with Crippen molar-refractivity contribution in [2.24, 2.45) is 5.92 Å². The Labute approximate surface area is 223 Å². The molecule has 1 aromatic rings. The molecule has 2 rings (SSSR count). The lowest BCUT2D eigenvalue weighted by Crippen LogP contribution is -2.56. The third-order valence-corrected chi connectivity index (χ3v) is 7.21. The summed E-state index contributed by atoms with van der Waals surface area (Å²) < 4.78 is 5.46. The van der Waals surface area contributed by atoms with Crippen LogP contribution in [0.5, 0.6) is 0 Å². The fourth-order valence-corrected chi connectivity index (χ4v) is 4.81. The van der Waals surface area contributed by atoms with E-state index in [2.05, 4.69) is 17.2 Å². The number of carbonyl (C=O) groups is 3. The standard InChI is InChI=1S/C30H47N3O4/c1-9-19-33(28(35)25(20(3)10-2)32-29(36)37-30(6,7)8)26(24-18-14-15-21(4)22(24)5)27(34)31-23-16-12-11-13-17-23/h9,14-15,18,20,23,25-26H,1,10-13,16-17,19H2,2-8H3,(H,31,34)(H,32,36). The lowest BCUT2D eigenvalue weighted by molar-refractivity contribution is -0.143. The van der Waals surface area contributed by atoms with Gasteiger partial charge in [-0.3, -0.25) is 9.59 Å². The highest BCUT2D eigenvalue weighted by Crippen LogP contribution is 2.29. The van der Waals surface area contributed by atoms with Gasteiger partial charge < -0.3 is 20.3 Å². The third kappa shape index (κ3) is 8.61. The van der Waals surface area contributed by atoms with E-state index in [9.17, 15) is 14.4 Å². The van der Waals surface area contributed by atoms with Crippen LogP contribution in [-0.4, -0.2) is 47.0 Å². The van der Waals surface area contributed by atoms with E-state index in [0.717, 1.165) is 42.4 Å². The van der Waals surface area contributed by atoms with Crippen molar-refractivity contribution in [1.82, 2.24) is 15.5 Å². The van der Waals surface area contributed by atoms with E-state index >= 15 is 0 Å². The Kier molecular flexibility index (Phi) is 11.2. The number of nitrogens with one attached hydrogen (secondary N) is 2. The quantitative estimate of drug-likeness (QED) is 0.390. The van der Waals surface area contributed by atoms with Crippen molar-refractivity contribution >= 4 is 17.9 Å². The fraction of sp³-hybridized carbons (Fsp3) is 0.633. The van der Waals surface area contributed by atoms with Crippen molar-refractivity contribution in [1.29, 1.82) is 0 Å². The Balaban J connectivity index is 2.50. The summed E-state index contributed by atoms with van der Waals surface area (Å²) in [7, 11) is 0. The highest BCUT2D eigenvalue weighted by Gasteiger charge is 2.38. The molecule has 1 aliphatic carbocycles. The predicted molar refractivity (Wildman–Crippen MR) is 148 cm³/mol. The monoisotopic (exact) mass is 513 g/mol. The van der Waals surface area contributed by atoms with Crippen molar-refractivity contribution in [3.63, 3.8) is 0 Å². The van der Waals surface area contributed by atoms with Crippen LogP contribution >= 0.6 is 0 Å². The number of benzene rings is 1. The summed E-state index contributed by atoms with van der Waals surface area (Å²) >= 11 is 0. The molecule has 206 valence electrons. The van der Waals surface area contributed by atoms with Crippen LogP contribution in [0, 0.1) is 19.8 Å². The van der Waals surface area contributed by atoms with Gasteiger partial charge in [-0.05, 0) is 70.1 Å². The molecule has 37 heavy (non-hydrogen) atoms. The largest absolute Gasteiger partial charge is 0.444 e. The molecule has 0 aromatic heterocycles. The first kappa shape index (κ1) is 30.4. The smallest absolute Gasteiger partial charge is 0.408 e. The number of nitrogens with zero attached hydrogens (tertiary/aromatic N) is 1. The molecule has 7 nitrogen and oxygen atoms in total. The van der Waals surface area contributed by atoms with Gasteiger partial charge in [0.25, 0.3) is 0 Å². The van der Waals surface area contributed by atoms with Gasteiger partial charge in [0.15, 0.2) is 0 Å². The van der Waals surface area contributed by atoms with E-state index in [1.807, 2.05) is 45.9 Å². The van der Waals surface area contributed by atoms with E-state index in [0.29, 0.717) is 6.42 Å². The summed E-state index contributed by atoms with van der Waals surface area (Å²) in [5.41, 5.74) is 2.09. The van der Waals surface area contributed by atoms with E-state index < -0.39 is 23.8 Å². The van der Waals surface area contributed by atoms with Gasteiger partial charge in [0.05, 0.1) is 0 Å². The molecule has 0 bridgehead atoms. The molecular weight excluding hydrogens is 466 g/mol. The highest BCUT2D eigenvalue weighted by molar-refractivity contribution is 5.92. The minimum absolute atomic E-state index is 0.0970. The van der Waals surface area contributed by atoms with Gasteiger partial charge in [0.1, 0.15) is 17.7 Å². The normalized spacial score (nSPS) is 16.7. The number of ether oxygens (including phenoxy) is 1. The zero-order valence-corrected chi connectivity index (χ0v) is 23.9. The second kappa shape index (κ2) is 13.6. The number of hydrogen-bond acceptors (Lipinski definition) is 4. The molecule has 0 aliphatic heterocycles. The molecule has 7 heteroatoms. The molecule has 0 spiro atoms. The number of alkyl carbamates (subject to hydrolysis) is 1. The van der Waals surface area contributed by atoms with Crippen molar-refractivity contribution in [2.45, 2.75) is 111 Å². The predicted octanol–water partition coefficient (Wildman–Crippen LogP) is 5.75. The second-order valence-corrected chi connectivity index (χ2v) is 11.3. The third-order valence-electron chi connectivity index (χ3n) is 7.21. The van der Waals surface area contributed by atoms with Gasteiger partial charge in [0.2, 0.25) is 11.8 Å². The van der Waals surface area contributed by atoms with Crippen LogP contribution in [0.3, 0.4) is 0 Å². The molecule has 1 fully saturated rings. The first-order chi connectivity index (χ1) is 17.4. The number of carbonyl (C=O) groups excluding carboxylic acids is 3.